The number of benzene rings is 2. The third kappa shape index (κ3) is 5.46. The van der Waals surface area contributed by atoms with Crippen LogP contribution in [0.1, 0.15) is 16.1 Å². The number of hydrogen-bond donors (Lipinski definition) is 2. The molecule has 8 nitrogen and oxygen atoms in total. The van der Waals surface area contributed by atoms with Crippen molar-refractivity contribution in [3.05, 3.63) is 59.8 Å². The minimum atomic E-state index is -0.00845. The summed E-state index contributed by atoms with van der Waals surface area (Å²) in [4.78, 5) is 32.3. The summed E-state index contributed by atoms with van der Waals surface area (Å²) in [6, 6.07) is 15.5. The highest BCUT2D eigenvalue weighted by Crippen LogP contribution is 2.27. The predicted molar refractivity (Wildman–Crippen MR) is 127 cm³/mol. The molecule has 1 fully saturated rings. The molecule has 1 aliphatic heterocycles. The second-order valence-electron chi connectivity index (χ2n) is 8.13. The molecule has 2 heterocycles. The number of piperazine rings is 1. The monoisotopic (exact) mass is 450 g/mol. The lowest BCUT2D eigenvalue weighted by Gasteiger charge is -2.34. The highest BCUT2D eigenvalue weighted by atomic mass is 16.5. The highest BCUT2D eigenvalue weighted by molar-refractivity contribution is 5.98. The van der Waals surface area contributed by atoms with E-state index in [4.69, 9.17) is 9.47 Å². The molecule has 4 rings (SSSR count). The average molecular weight is 451 g/mol. The van der Waals surface area contributed by atoms with Crippen LogP contribution in [0, 0.1) is 0 Å². The number of methoxy groups -OCH3 is 2. The summed E-state index contributed by atoms with van der Waals surface area (Å²) in [5.74, 6) is 1.37. The zero-order chi connectivity index (χ0) is 23.2. The molecule has 1 saturated heterocycles. The third-order valence-corrected chi connectivity index (χ3v) is 5.97. The van der Waals surface area contributed by atoms with Gasteiger partial charge in [0.15, 0.2) is 11.5 Å². The van der Waals surface area contributed by atoms with Crippen LogP contribution >= 0.6 is 0 Å². The maximum absolute atomic E-state index is 12.8. The number of amides is 2. The van der Waals surface area contributed by atoms with Crippen molar-refractivity contribution in [3.8, 4) is 11.5 Å². The largest absolute Gasteiger partial charge is 0.493 e. The Morgan fingerprint density at radius 2 is 1.73 bits per heavy atom. The molecular formula is C25H30N4O4. The van der Waals surface area contributed by atoms with Gasteiger partial charge in [0.1, 0.15) is 5.69 Å². The van der Waals surface area contributed by atoms with E-state index in [0.29, 0.717) is 62.9 Å². The molecule has 2 amide bonds. The Bertz CT molecular complexity index is 1090. The third-order valence-electron chi connectivity index (χ3n) is 5.97. The summed E-state index contributed by atoms with van der Waals surface area (Å²) in [6.07, 6.45) is 0.707. The van der Waals surface area contributed by atoms with Gasteiger partial charge in [-0.2, -0.15) is 0 Å². The first-order valence-electron chi connectivity index (χ1n) is 11.1. The molecular weight excluding hydrogens is 420 g/mol. The van der Waals surface area contributed by atoms with Crippen LogP contribution in [0.25, 0.3) is 10.9 Å². The molecule has 3 aromatic rings. The summed E-state index contributed by atoms with van der Waals surface area (Å²) in [6.45, 7) is 3.44. The molecule has 0 atom stereocenters. The van der Waals surface area contributed by atoms with E-state index in [2.05, 4.69) is 15.2 Å². The van der Waals surface area contributed by atoms with Gasteiger partial charge in [-0.15, -0.1) is 0 Å². The van der Waals surface area contributed by atoms with E-state index >= 15 is 0 Å². The van der Waals surface area contributed by atoms with Gasteiger partial charge in [0, 0.05) is 43.6 Å². The molecule has 0 spiro atoms. The number of nitrogens with zero attached hydrogens (tertiary/aromatic N) is 2. The Labute approximate surface area is 193 Å². The fraction of sp³-hybridized carbons (Fsp3) is 0.360. The number of ether oxygens (including phenoxy) is 2. The molecule has 0 aliphatic carbocycles. The van der Waals surface area contributed by atoms with E-state index in [1.54, 1.807) is 14.2 Å². The number of carbonyl (C=O) groups is 2. The maximum atomic E-state index is 12.8. The molecule has 0 unspecified atom stereocenters. The summed E-state index contributed by atoms with van der Waals surface area (Å²) in [5.41, 5.74) is 2.64. The van der Waals surface area contributed by atoms with Gasteiger partial charge in [0.2, 0.25) is 5.91 Å². The Morgan fingerprint density at radius 3 is 2.45 bits per heavy atom. The molecule has 1 aliphatic rings. The van der Waals surface area contributed by atoms with Gasteiger partial charge in [-0.1, -0.05) is 24.3 Å². The fourth-order valence-electron chi connectivity index (χ4n) is 4.11. The molecule has 2 N–H and O–H groups in total. The summed E-state index contributed by atoms with van der Waals surface area (Å²) in [7, 11) is 3.21. The molecule has 2 aromatic carbocycles. The average Bonchev–Trinajstić information content (AvgIpc) is 3.28. The van der Waals surface area contributed by atoms with Crippen molar-refractivity contribution in [2.24, 2.45) is 0 Å². The Hall–Kier alpha value is -3.52. The van der Waals surface area contributed by atoms with Crippen molar-refractivity contribution in [1.82, 2.24) is 20.1 Å². The molecule has 0 radical (unpaired) electrons. The van der Waals surface area contributed by atoms with Gasteiger partial charge in [-0.05, 0) is 36.2 Å². The van der Waals surface area contributed by atoms with Gasteiger partial charge in [-0.25, -0.2) is 0 Å². The Balaban J connectivity index is 1.20. The normalized spacial score (nSPS) is 14.3. The SMILES string of the molecule is COc1ccc(CCNC(=O)CN2CCN(C(=O)c3cc4ccccc4[nH]3)CC2)cc1OC. The number of H-pyrrole nitrogens is 1. The van der Waals surface area contributed by atoms with Gasteiger partial charge < -0.3 is 24.7 Å². The van der Waals surface area contributed by atoms with E-state index in [0.717, 1.165) is 16.5 Å². The van der Waals surface area contributed by atoms with Crippen molar-refractivity contribution in [2.45, 2.75) is 6.42 Å². The first-order valence-corrected chi connectivity index (χ1v) is 11.1. The zero-order valence-electron chi connectivity index (χ0n) is 19.1. The van der Waals surface area contributed by atoms with Crippen LogP contribution in [0.3, 0.4) is 0 Å². The number of aromatic amines is 1. The minimum Gasteiger partial charge on any atom is -0.493 e. The quantitative estimate of drug-likeness (QED) is 0.550. The van der Waals surface area contributed by atoms with E-state index in [1.807, 2.05) is 53.4 Å². The first kappa shape index (κ1) is 22.7. The van der Waals surface area contributed by atoms with Gasteiger partial charge in [0.25, 0.3) is 5.91 Å². The lowest BCUT2D eigenvalue weighted by atomic mass is 10.1. The number of para-hydroxylation sites is 1. The van der Waals surface area contributed by atoms with Crippen molar-refractivity contribution in [1.29, 1.82) is 0 Å². The number of fused-ring (bicyclic) bond motifs is 1. The summed E-state index contributed by atoms with van der Waals surface area (Å²) in [5, 5.41) is 4.01. The first-order chi connectivity index (χ1) is 16.1. The van der Waals surface area contributed by atoms with E-state index < -0.39 is 0 Å². The second-order valence-corrected chi connectivity index (χ2v) is 8.13. The standard InChI is InChI=1S/C25H30N4O4/c1-32-22-8-7-18(15-23(22)33-2)9-10-26-24(30)17-28-11-13-29(14-12-28)25(31)21-16-19-5-3-4-6-20(19)27-21/h3-8,15-16,27H,9-14,17H2,1-2H3,(H,26,30). The van der Waals surface area contributed by atoms with Crippen LogP contribution in [-0.4, -0.2) is 80.1 Å². The van der Waals surface area contributed by atoms with Crippen LogP contribution in [0.15, 0.2) is 48.5 Å². The minimum absolute atomic E-state index is 0.00483. The van der Waals surface area contributed by atoms with E-state index in [1.165, 1.54) is 0 Å². The van der Waals surface area contributed by atoms with Crippen LogP contribution < -0.4 is 14.8 Å². The molecule has 8 heteroatoms. The molecule has 174 valence electrons. The number of aromatic nitrogens is 1. The molecule has 0 bridgehead atoms. The fourth-order valence-corrected chi connectivity index (χ4v) is 4.11. The van der Waals surface area contributed by atoms with Crippen molar-refractivity contribution in [2.75, 3.05) is 53.5 Å². The van der Waals surface area contributed by atoms with Crippen molar-refractivity contribution < 1.29 is 19.1 Å². The maximum Gasteiger partial charge on any atom is 0.270 e. The number of nitrogens with one attached hydrogen (secondary N) is 2. The highest BCUT2D eigenvalue weighted by Gasteiger charge is 2.24. The summed E-state index contributed by atoms with van der Waals surface area (Å²) >= 11 is 0. The lowest BCUT2D eigenvalue weighted by molar-refractivity contribution is -0.122. The second kappa shape index (κ2) is 10.4. The van der Waals surface area contributed by atoms with E-state index in [9.17, 15) is 9.59 Å². The van der Waals surface area contributed by atoms with Crippen LogP contribution in [-0.2, 0) is 11.2 Å². The predicted octanol–water partition coefficient (Wildman–Crippen LogP) is 2.30. The smallest absolute Gasteiger partial charge is 0.270 e. The molecule has 1 aromatic heterocycles. The van der Waals surface area contributed by atoms with Gasteiger partial charge >= 0.3 is 0 Å². The summed E-state index contributed by atoms with van der Waals surface area (Å²) < 4.78 is 10.6. The van der Waals surface area contributed by atoms with E-state index in [-0.39, 0.29) is 11.8 Å². The topological polar surface area (TPSA) is 86.9 Å². The number of rotatable bonds is 8. The van der Waals surface area contributed by atoms with Crippen molar-refractivity contribution in [3.63, 3.8) is 0 Å². The Morgan fingerprint density at radius 1 is 0.970 bits per heavy atom. The van der Waals surface area contributed by atoms with Crippen LogP contribution in [0.5, 0.6) is 11.5 Å². The van der Waals surface area contributed by atoms with Crippen LogP contribution in [0.4, 0.5) is 0 Å². The number of hydrogen-bond acceptors (Lipinski definition) is 5. The van der Waals surface area contributed by atoms with Crippen LogP contribution in [0.2, 0.25) is 0 Å². The number of carbonyl (C=O) groups excluding carboxylic acids is 2. The molecule has 33 heavy (non-hydrogen) atoms. The Kier molecular flexibility index (Phi) is 7.14. The van der Waals surface area contributed by atoms with Gasteiger partial charge in [-0.3, -0.25) is 14.5 Å². The lowest BCUT2D eigenvalue weighted by Crippen LogP contribution is -2.51. The molecule has 0 saturated carbocycles. The zero-order valence-corrected chi connectivity index (χ0v) is 19.1. The van der Waals surface area contributed by atoms with Gasteiger partial charge in [0.05, 0.1) is 20.8 Å². The van der Waals surface area contributed by atoms with Crippen molar-refractivity contribution >= 4 is 22.7 Å².